The predicted octanol–water partition coefficient (Wildman–Crippen LogP) is 3.41. The van der Waals surface area contributed by atoms with Crippen LogP contribution in [0.15, 0.2) is 24.8 Å². The summed E-state index contributed by atoms with van der Waals surface area (Å²) >= 11 is 0. The molecule has 0 aromatic rings. The molecule has 0 heteroatoms. The molecule has 0 spiro atoms. The van der Waals surface area contributed by atoms with E-state index in [0.29, 0.717) is 11.8 Å². The van der Waals surface area contributed by atoms with Crippen molar-refractivity contribution in [1.82, 2.24) is 0 Å². The van der Waals surface area contributed by atoms with Crippen molar-refractivity contribution in [3.05, 3.63) is 24.8 Å². The first-order chi connectivity index (χ1) is 4.72. The highest BCUT2D eigenvalue weighted by Crippen LogP contribution is 2.12. The van der Waals surface area contributed by atoms with Crippen LogP contribution in [0.1, 0.15) is 27.2 Å². The van der Waals surface area contributed by atoms with Gasteiger partial charge >= 0.3 is 0 Å². The Morgan fingerprint density at radius 3 is 2.30 bits per heavy atom. The third-order valence-corrected chi connectivity index (χ3v) is 1.88. The average molecular weight is 138 g/mol. The summed E-state index contributed by atoms with van der Waals surface area (Å²) in [4.78, 5) is 0. The van der Waals surface area contributed by atoms with Gasteiger partial charge in [0, 0.05) is 0 Å². The van der Waals surface area contributed by atoms with Gasteiger partial charge in [0.05, 0.1) is 0 Å². The van der Waals surface area contributed by atoms with E-state index in [-0.39, 0.29) is 0 Å². The van der Waals surface area contributed by atoms with Crippen LogP contribution in [0.5, 0.6) is 0 Å². The Morgan fingerprint density at radius 2 is 1.90 bits per heavy atom. The molecular formula is C10H18. The van der Waals surface area contributed by atoms with Gasteiger partial charge in [-0.1, -0.05) is 39.0 Å². The molecule has 0 saturated carbocycles. The molecule has 0 heterocycles. The Bertz CT molecular complexity index is 111. The van der Waals surface area contributed by atoms with Gasteiger partial charge in [0.15, 0.2) is 0 Å². The maximum Gasteiger partial charge on any atom is -0.0202 e. The zero-order valence-electron chi connectivity index (χ0n) is 7.30. The Kier molecular flexibility index (Phi) is 5.00. The molecule has 0 nitrogen and oxygen atoms in total. The van der Waals surface area contributed by atoms with E-state index in [2.05, 4.69) is 39.5 Å². The normalized spacial score (nSPS) is 17.1. The van der Waals surface area contributed by atoms with E-state index >= 15 is 0 Å². The van der Waals surface area contributed by atoms with Crippen molar-refractivity contribution in [1.29, 1.82) is 0 Å². The molecule has 0 N–H and O–H groups in total. The smallest absolute Gasteiger partial charge is 0.0202 e. The zero-order valence-corrected chi connectivity index (χ0v) is 7.30. The molecule has 0 bridgehead atoms. The summed E-state index contributed by atoms with van der Waals surface area (Å²) < 4.78 is 0. The monoisotopic (exact) mass is 138 g/mol. The zero-order chi connectivity index (χ0) is 7.98. The summed E-state index contributed by atoms with van der Waals surface area (Å²) in [6.45, 7) is 10.3. The minimum Gasteiger partial charge on any atom is -0.103 e. The van der Waals surface area contributed by atoms with Crippen LogP contribution in [-0.4, -0.2) is 0 Å². The van der Waals surface area contributed by atoms with E-state index in [1.165, 1.54) is 0 Å². The lowest BCUT2D eigenvalue weighted by atomic mass is 9.96. The highest BCUT2D eigenvalue weighted by atomic mass is 14.1. The van der Waals surface area contributed by atoms with Crippen molar-refractivity contribution >= 4 is 0 Å². The van der Waals surface area contributed by atoms with Crippen LogP contribution in [0.25, 0.3) is 0 Å². The molecule has 0 rings (SSSR count). The molecule has 0 radical (unpaired) electrons. The Morgan fingerprint density at radius 1 is 1.30 bits per heavy atom. The van der Waals surface area contributed by atoms with E-state index in [0.717, 1.165) is 6.42 Å². The van der Waals surface area contributed by atoms with Crippen LogP contribution in [0.2, 0.25) is 0 Å². The number of hydrogen-bond acceptors (Lipinski definition) is 0. The quantitative estimate of drug-likeness (QED) is 0.522. The number of allylic oxidation sites excluding steroid dienone is 3. The molecular weight excluding hydrogens is 120 g/mol. The molecule has 0 aliphatic rings. The van der Waals surface area contributed by atoms with Gasteiger partial charge in [0.2, 0.25) is 0 Å². The van der Waals surface area contributed by atoms with Crippen molar-refractivity contribution < 1.29 is 0 Å². The van der Waals surface area contributed by atoms with Gasteiger partial charge in [-0.2, -0.15) is 0 Å². The molecule has 0 aromatic heterocycles. The minimum absolute atomic E-state index is 0.600. The van der Waals surface area contributed by atoms with Crippen LogP contribution in [0, 0.1) is 11.8 Å². The lowest BCUT2D eigenvalue weighted by molar-refractivity contribution is 0.558. The van der Waals surface area contributed by atoms with Crippen molar-refractivity contribution in [2.75, 3.05) is 0 Å². The topological polar surface area (TPSA) is 0 Å². The fourth-order valence-corrected chi connectivity index (χ4v) is 0.741. The summed E-state index contributed by atoms with van der Waals surface area (Å²) in [6, 6.07) is 0. The van der Waals surface area contributed by atoms with Gasteiger partial charge in [-0.3, -0.25) is 0 Å². The first-order valence-corrected chi connectivity index (χ1v) is 4.01. The maximum atomic E-state index is 3.76. The second-order valence-electron chi connectivity index (χ2n) is 2.79. The third kappa shape index (κ3) is 3.49. The SMILES string of the molecule is C=CC(C)C(C)/C=C\CC. The fraction of sp³-hybridized carbons (Fsp3) is 0.600. The third-order valence-electron chi connectivity index (χ3n) is 1.88. The number of rotatable bonds is 4. The standard InChI is InChI=1S/C10H18/c1-5-7-8-10(4)9(3)6-2/h6-10H,2,5H2,1,3-4H3/b8-7-. The van der Waals surface area contributed by atoms with Crippen LogP contribution in [-0.2, 0) is 0 Å². The summed E-state index contributed by atoms with van der Waals surface area (Å²) in [6.07, 6.45) is 7.61. The molecule has 10 heavy (non-hydrogen) atoms. The van der Waals surface area contributed by atoms with E-state index < -0.39 is 0 Å². The highest BCUT2D eigenvalue weighted by Gasteiger charge is 2.02. The van der Waals surface area contributed by atoms with Crippen molar-refractivity contribution in [2.24, 2.45) is 11.8 Å². The van der Waals surface area contributed by atoms with E-state index in [1.807, 2.05) is 6.08 Å². The molecule has 0 fully saturated rings. The second-order valence-corrected chi connectivity index (χ2v) is 2.79. The predicted molar refractivity (Wildman–Crippen MR) is 48.0 cm³/mol. The molecule has 0 aliphatic carbocycles. The second kappa shape index (κ2) is 5.28. The van der Waals surface area contributed by atoms with Crippen molar-refractivity contribution in [3.63, 3.8) is 0 Å². The van der Waals surface area contributed by atoms with Gasteiger partial charge in [-0.15, -0.1) is 6.58 Å². The lowest BCUT2D eigenvalue weighted by Gasteiger charge is -2.10. The first-order valence-electron chi connectivity index (χ1n) is 4.01. The molecule has 0 saturated heterocycles. The van der Waals surface area contributed by atoms with E-state index in [9.17, 15) is 0 Å². The van der Waals surface area contributed by atoms with Gasteiger partial charge in [0.1, 0.15) is 0 Å². The maximum absolute atomic E-state index is 3.76. The van der Waals surface area contributed by atoms with Crippen molar-refractivity contribution in [2.45, 2.75) is 27.2 Å². The largest absolute Gasteiger partial charge is 0.103 e. The fourth-order valence-electron chi connectivity index (χ4n) is 0.741. The Balaban J connectivity index is 3.70. The van der Waals surface area contributed by atoms with Gasteiger partial charge < -0.3 is 0 Å². The summed E-state index contributed by atoms with van der Waals surface area (Å²) in [5.74, 6) is 1.24. The van der Waals surface area contributed by atoms with Crippen molar-refractivity contribution in [3.8, 4) is 0 Å². The summed E-state index contributed by atoms with van der Waals surface area (Å²) in [5, 5.41) is 0. The molecule has 0 amide bonds. The molecule has 0 aromatic carbocycles. The van der Waals surface area contributed by atoms with Crippen LogP contribution >= 0.6 is 0 Å². The van der Waals surface area contributed by atoms with E-state index in [1.54, 1.807) is 0 Å². The highest BCUT2D eigenvalue weighted by molar-refractivity contribution is 4.92. The lowest BCUT2D eigenvalue weighted by Crippen LogP contribution is -2.00. The Labute approximate surface area is 64.6 Å². The van der Waals surface area contributed by atoms with Gasteiger partial charge in [-0.25, -0.2) is 0 Å². The molecule has 0 aliphatic heterocycles. The summed E-state index contributed by atoms with van der Waals surface area (Å²) in [5.41, 5.74) is 0. The first kappa shape index (κ1) is 9.48. The molecule has 58 valence electrons. The van der Waals surface area contributed by atoms with Gasteiger partial charge in [0.25, 0.3) is 0 Å². The molecule has 2 unspecified atom stereocenters. The summed E-state index contributed by atoms with van der Waals surface area (Å²) in [7, 11) is 0. The van der Waals surface area contributed by atoms with Crippen LogP contribution in [0.4, 0.5) is 0 Å². The number of hydrogen-bond donors (Lipinski definition) is 0. The van der Waals surface area contributed by atoms with Crippen LogP contribution < -0.4 is 0 Å². The van der Waals surface area contributed by atoms with Gasteiger partial charge in [-0.05, 0) is 18.3 Å². The minimum atomic E-state index is 0.600. The Hall–Kier alpha value is -0.520. The van der Waals surface area contributed by atoms with Crippen LogP contribution in [0.3, 0.4) is 0 Å². The average Bonchev–Trinajstić information content (AvgIpc) is 1.98. The molecule has 2 atom stereocenters. The van der Waals surface area contributed by atoms with E-state index in [4.69, 9.17) is 0 Å².